The van der Waals surface area contributed by atoms with Crippen molar-refractivity contribution in [2.75, 3.05) is 19.5 Å². The SMILES string of the molecule is CNc1ncnc(Sc2cc(C)nn2C)c1OC. The fourth-order valence-electron chi connectivity index (χ4n) is 1.57. The van der Waals surface area contributed by atoms with Gasteiger partial charge in [-0.25, -0.2) is 9.97 Å². The molecule has 0 aliphatic rings. The second-order valence-corrected chi connectivity index (χ2v) is 4.67. The van der Waals surface area contributed by atoms with Crippen LogP contribution in [0.4, 0.5) is 5.82 Å². The Kier molecular flexibility index (Phi) is 3.71. The first kappa shape index (κ1) is 12.7. The molecule has 0 aliphatic heterocycles. The summed E-state index contributed by atoms with van der Waals surface area (Å²) >= 11 is 1.50. The van der Waals surface area contributed by atoms with Crippen molar-refractivity contribution < 1.29 is 4.74 Å². The predicted octanol–water partition coefficient (Wildman–Crippen LogP) is 1.72. The second kappa shape index (κ2) is 5.26. The second-order valence-electron chi connectivity index (χ2n) is 3.66. The highest BCUT2D eigenvalue weighted by atomic mass is 32.2. The van der Waals surface area contributed by atoms with Gasteiger partial charge in [0.05, 0.1) is 12.8 Å². The molecule has 6 nitrogen and oxygen atoms in total. The summed E-state index contributed by atoms with van der Waals surface area (Å²) in [6, 6.07) is 2.01. The van der Waals surface area contributed by atoms with E-state index in [1.54, 1.807) is 14.2 Å². The van der Waals surface area contributed by atoms with Crippen LogP contribution in [0, 0.1) is 6.92 Å². The number of rotatable bonds is 4. The molecule has 18 heavy (non-hydrogen) atoms. The molecule has 2 aromatic rings. The van der Waals surface area contributed by atoms with Crippen molar-refractivity contribution in [2.45, 2.75) is 17.0 Å². The van der Waals surface area contributed by atoms with E-state index in [9.17, 15) is 0 Å². The lowest BCUT2D eigenvalue weighted by Crippen LogP contribution is -2.00. The lowest BCUT2D eigenvalue weighted by atomic mass is 10.5. The number of hydrogen-bond acceptors (Lipinski definition) is 6. The monoisotopic (exact) mass is 265 g/mol. The molecule has 0 spiro atoms. The average Bonchev–Trinajstić information content (AvgIpc) is 2.67. The highest BCUT2D eigenvalue weighted by Gasteiger charge is 2.14. The lowest BCUT2D eigenvalue weighted by Gasteiger charge is -2.10. The van der Waals surface area contributed by atoms with Gasteiger partial charge < -0.3 is 10.1 Å². The van der Waals surface area contributed by atoms with E-state index in [2.05, 4.69) is 20.4 Å². The zero-order valence-electron chi connectivity index (χ0n) is 10.8. The number of hydrogen-bond donors (Lipinski definition) is 1. The van der Waals surface area contributed by atoms with Gasteiger partial charge in [0.2, 0.25) is 0 Å². The van der Waals surface area contributed by atoms with Gasteiger partial charge in [0.1, 0.15) is 16.4 Å². The maximum absolute atomic E-state index is 5.35. The van der Waals surface area contributed by atoms with Gasteiger partial charge in [-0.2, -0.15) is 5.10 Å². The number of nitrogens with zero attached hydrogens (tertiary/aromatic N) is 4. The summed E-state index contributed by atoms with van der Waals surface area (Å²) in [7, 11) is 5.31. The molecule has 0 fully saturated rings. The van der Waals surface area contributed by atoms with E-state index in [-0.39, 0.29) is 0 Å². The Morgan fingerprint density at radius 2 is 2.17 bits per heavy atom. The molecule has 0 unspecified atom stereocenters. The van der Waals surface area contributed by atoms with Crippen LogP contribution in [-0.2, 0) is 7.05 Å². The Morgan fingerprint density at radius 3 is 2.72 bits per heavy atom. The van der Waals surface area contributed by atoms with Gasteiger partial charge in [-0.15, -0.1) is 0 Å². The zero-order chi connectivity index (χ0) is 13.1. The van der Waals surface area contributed by atoms with Crippen molar-refractivity contribution in [3.8, 4) is 5.75 Å². The number of anilines is 1. The van der Waals surface area contributed by atoms with E-state index < -0.39 is 0 Å². The smallest absolute Gasteiger partial charge is 0.194 e. The van der Waals surface area contributed by atoms with Gasteiger partial charge in [0.25, 0.3) is 0 Å². The molecule has 0 atom stereocenters. The molecule has 0 aromatic carbocycles. The summed E-state index contributed by atoms with van der Waals surface area (Å²) in [5.74, 6) is 1.32. The summed E-state index contributed by atoms with van der Waals surface area (Å²) in [4.78, 5) is 8.36. The van der Waals surface area contributed by atoms with E-state index in [1.807, 2.05) is 24.7 Å². The van der Waals surface area contributed by atoms with Gasteiger partial charge in [-0.3, -0.25) is 4.68 Å². The van der Waals surface area contributed by atoms with Gasteiger partial charge in [-0.05, 0) is 24.8 Å². The van der Waals surface area contributed by atoms with Gasteiger partial charge >= 0.3 is 0 Å². The standard InChI is InChI=1S/C11H15N5OS/c1-7-5-8(16(3)15-7)18-11-9(17-4)10(12-2)13-6-14-11/h5-6H,1-4H3,(H,12,13,14). The van der Waals surface area contributed by atoms with Crippen molar-refractivity contribution in [1.29, 1.82) is 0 Å². The van der Waals surface area contributed by atoms with E-state index in [4.69, 9.17) is 4.74 Å². The third-order valence-corrected chi connectivity index (χ3v) is 3.45. The van der Waals surface area contributed by atoms with Gasteiger partial charge in [-0.1, -0.05) is 0 Å². The number of aryl methyl sites for hydroxylation is 2. The third kappa shape index (κ3) is 2.40. The molecule has 96 valence electrons. The number of methoxy groups -OCH3 is 1. The molecular formula is C11H15N5OS. The molecular weight excluding hydrogens is 250 g/mol. The lowest BCUT2D eigenvalue weighted by molar-refractivity contribution is 0.400. The predicted molar refractivity (Wildman–Crippen MR) is 70.2 cm³/mol. The molecule has 0 radical (unpaired) electrons. The minimum atomic E-state index is 0.642. The quantitative estimate of drug-likeness (QED) is 0.849. The Bertz CT molecular complexity index is 554. The summed E-state index contributed by atoms with van der Waals surface area (Å²) in [6.45, 7) is 1.96. The number of ether oxygens (including phenoxy) is 1. The molecule has 1 N–H and O–H groups in total. The van der Waals surface area contributed by atoms with E-state index in [1.165, 1.54) is 18.1 Å². The molecule has 0 aliphatic carbocycles. The average molecular weight is 265 g/mol. The van der Waals surface area contributed by atoms with Crippen LogP contribution in [-0.4, -0.2) is 33.9 Å². The highest BCUT2D eigenvalue weighted by molar-refractivity contribution is 7.99. The third-order valence-electron chi connectivity index (χ3n) is 2.37. The summed E-state index contributed by atoms with van der Waals surface area (Å²) in [5, 5.41) is 9.05. The first-order chi connectivity index (χ1) is 8.65. The fraction of sp³-hybridized carbons (Fsp3) is 0.364. The van der Waals surface area contributed by atoms with Crippen LogP contribution in [0.5, 0.6) is 5.75 Å². The maximum atomic E-state index is 5.35. The summed E-state index contributed by atoms with van der Waals surface area (Å²) in [6.07, 6.45) is 1.51. The Hall–Kier alpha value is -1.76. The topological polar surface area (TPSA) is 64.9 Å². The molecule has 7 heteroatoms. The normalized spacial score (nSPS) is 10.4. The molecule has 0 bridgehead atoms. The minimum absolute atomic E-state index is 0.642. The van der Waals surface area contributed by atoms with Crippen molar-refractivity contribution in [1.82, 2.24) is 19.7 Å². The largest absolute Gasteiger partial charge is 0.490 e. The van der Waals surface area contributed by atoms with Crippen LogP contribution in [0.1, 0.15) is 5.69 Å². The first-order valence-corrected chi connectivity index (χ1v) is 6.22. The Balaban J connectivity index is 2.37. The fourth-order valence-corrected chi connectivity index (χ4v) is 2.55. The molecule has 0 amide bonds. The van der Waals surface area contributed by atoms with Crippen LogP contribution in [0.3, 0.4) is 0 Å². The van der Waals surface area contributed by atoms with E-state index >= 15 is 0 Å². The summed E-state index contributed by atoms with van der Waals surface area (Å²) < 4.78 is 7.17. The molecule has 2 rings (SSSR count). The van der Waals surface area contributed by atoms with Gasteiger partial charge in [0.15, 0.2) is 11.6 Å². The molecule has 0 saturated carbocycles. The zero-order valence-corrected chi connectivity index (χ0v) is 11.6. The van der Waals surface area contributed by atoms with Crippen molar-refractivity contribution in [2.24, 2.45) is 7.05 Å². The highest BCUT2D eigenvalue weighted by Crippen LogP contribution is 2.36. The number of aromatic nitrogens is 4. The van der Waals surface area contributed by atoms with Crippen LogP contribution < -0.4 is 10.1 Å². The number of nitrogens with one attached hydrogen (secondary N) is 1. The molecule has 0 saturated heterocycles. The Labute approximate surface area is 110 Å². The van der Waals surface area contributed by atoms with E-state index in [0.717, 1.165) is 15.7 Å². The van der Waals surface area contributed by atoms with Crippen LogP contribution in [0.2, 0.25) is 0 Å². The van der Waals surface area contributed by atoms with Gasteiger partial charge in [0, 0.05) is 14.1 Å². The molecule has 2 heterocycles. The minimum Gasteiger partial charge on any atom is -0.490 e. The maximum Gasteiger partial charge on any atom is 0.194 e. The van der Waals surface area contributed by atoms with Crippen molar-refractivity contribution in [3.63, 3.8) is 0 Å². The van der Waals surface area contributed by atoms with Crippen LogP contribution in [0.15, 0.2) is 22.4 Å². The van der Waals surface area contributed by atoms with E-state index in [0.29, 0.717) is 11.6 Å². The summed E-state index contributed by atoms with van der Waals surface area (Å²) in [5.41, 5.74) is 0.974. The van der Waals surface area contributed by atoms with Crippen molar-refractivity contribution >= 4 is 17.6 Å². The van der Waals surface area contributed by atoms with Crippen LogP contribution in [0.25, 0.3) is 0 Å². The van der Waals surface area contributed by atoms with Crippen LogP contribution >= 0.6 is 11.8 Å². The Morgan fingerprint density at radius 1 is 1.39 bits per heavy atom. The van der Waals surface area contributed by atoms with Crippen molar-refractivity contribution in [3.05, 3.63) is 18.1 Å². The molecule has 2 aromatic heterocycles. The first-order valence-electron chi connectivity index (χ1n) is 5.41.